The zero-order valence-corrected chi connectivity index (χ0v) is 16.2. The summed E-state index contributed by atoms with van der Waals surface area (Å²) in [4.78, 5) is 29.2. The Morgan fingerprint density at radius 1 is 1.23 bits per heavy atom. The van der Waals surface area contributed by atoms with Gasteiger partial charge >= 0.3 is 0 Å². The average molecular weight is 362 g/mol. The highest BCUT2D eigenvalue weighted by Crippen LogP contribution is 2.29. The van der Waals surface area contributed by atoms with Gasteiger partial charge in [0.25, 0.3) is 0 Å². The van der Waals surface area contributed by atoms with Gasteiger partial charge in [-0.25, -0.2) is 0 Å². The molecule has 0 aliphatic carbocycles. The lowest BCUT2D eigenvalue weighted by atomic mass is 10.1. The number of ether oxygens (including phenoxy) is 2. The number of carbonyl (C=O) groups excluding carboxylic acids is 2. The number of rotatable bonds is 9. The van der Waals surface area contributed by atoms with E-state index >= 15 is 0 Å². The van der Waals surface area contributed by atoms with Crippen LogP contribution < -0.4 is 0 Å². The highest BCUT2D eigenvalue weighted by Gasteiger charge is 2.39. The van der Waals surface area contributed by atoms with Crippen molar-refractivity contribution in [1.29, 1.82) is 0 Å². The fourth-order valence-corrected chi connectivity index (χ4v) is 3.49. The number of carbonyl (C=O) groups is 2. The molecule has 1 aliphatic heterocycles. The molecule has 1 fully saturated rings. The van der Waals surface area contributed by atoms with E-state index < -0.39 is 0 Å². The van der Waals surface area contributed by atoms with E-state index in [4.69, 9.17) is 9.47 Å². The Bertz CT molecular complexity index is 593. The highest BCUT2D eigenvalue weighted by atomic mass is 16.5. The lowest BCUT2D eigenvalue weighted by molar-refractivity contribution is -0.139. The van der Waals surface area contributed by atoms with Crippen molar-refractivity contribution in [2.24, 2.45) is 5.92 Å². The molecule has 26 heavy (non-hydrogen) atoms. The van der Waals surface area contributed by atoms with Crippen LogP contribution in [0.5, 0.6) is 0 Å². The summed E-state index contributed by atoms with van der Waals surface area (Å²) in [6, 6.07) is 9.82. The number of hydrogen-bond acceptors (Lipinski definition) is 4. The number of methoxy groups -OCH3 is 2. The molecule has 144 valence electrons. The Hall–Kier alpha value is -1.92. The van der Waals surface area contributed by atoms with Gasteiger partial charge in [-0.2, -0.15) is 0 Å². The molecule has 1 aromatic rings. The minimum Gasteiger partial charge on any atom is -0.383 e. The van der Waals surface area contributed by atoms with Crippen LogP contribution in [0.3, 0.4) is 0 Å². The van der Waals surface area contributed by atoms with Gasteiger partial charge in [-0.1, -0.05) is 30.3 Å². The Morgan fingerprint density at radius 2 is 1.92 bits per heavy atom. The van der Waals surface area contributed by atoms with Crippen LogP contribution in [0.25, 0.3) is 0 Å². The van der Waals surface area contributed by atoms with Gasteiger partial charge < -0.3 is 19.3 Å². The van der Waals surface area contributed by atoms with Crippen LogP contribution in [-0.2, 0) is 19.1 Å². The Labute approximate surface area is 156 Å². The fourth-order valence-electron chi connectivity index (χ4n) is 3.49. The topological polar surface area (TPSA) is 59.1 Å². The van der Waals surface area contributed by atoms with E-state index in [1.807, 2.05) is 49.1 Å². The maximum Gasteiger partial charge on any atom is 0.228 e. The molecular weight excluding hydrogens is 332 g/mol. The molecule has 1 aromatic carbocycles. The third-order valence-corrected chi connectivity index (χ3v) is 5.02. The lowest BCUT2D eigenvalue weighted by Gasteiger charge is -2.31. The third-order valence-electron chi connectivity index (χ3n) is 5.02. The van der Waals surface area contributed by atoms with E-state index in [1.165, 1.54) is 0 Å². The van der Waals surface area contributed by atoms with E-state index in [0.717, 1.165) is 5.56 Å². The van der Waals surface area contributed by atoms with Gasteiger partial charge in [0.05, 0.1) is 31.2 Å². The first kappa shape index (κ1) is 20.4. The first-order valence-electron chi connectivity index (χ1n) is 9.12. The Morgan fingerprint density at radius 3 is 2.54 bits per heavy atom. The standard InChI is InChI=1S/C20H30N2O4/c1-15(14-26-4)21(10-11-25-3)20(24)18-12-19(23)22(13-18)16(2)17-8-6-5-7-9-17/h5-9,15-16,18H,10-14H2,1-4H3. The Kier molecular flexibility index (Phi) is 7.60. The van der Waals surface area contributed by atoms with Gasteiger partial charge in [0, 0.05) is 33.7 Å². The van der Waals surface area contributed by atoms with Crippen LogP contribution in [0.4, 0.5) is 0 Å². The quantitative estimate of drug-likeness (QED) is 0.675. The van der Waals surface area contributed by atoms with Crippen LogP contribution in [0.15, 0.2) is 30.3 Å². The van der Waals surface area contributed by atoms with Crippen LogP contribution in [0, 0.1) is 5.92 Å². The largest absolute Gasteiger partial charge is 0.383 e. The zero-order chi connectivity index (χ0) is 19.1. The van der Waals surface area contributed by atoms with Crippen molar-refractivity contribution in [3.63, 3.8) is 0 Å². The third kappa shape index (κ3) is 4.83. The second kappa shape index (κ2) is 9.69. The molecule has 3 atom stereocenters. The number of hydrogen-bond donors (Lipinski definition) is 0. The van der Waals surface area contributed by atoms with Crippen molar-refractivity contribution in [1.82, 2.24) is 9.80 Å². The maximum absolute atomic E-state index is 13.1. The summed E-state index contributed by atoms with van der Waals surface area (Å²) in [7, 11) is 3.24. The molecule has 1 saturated heterocycles. The summed E-state index contributed by atoms with van der Waals surface area (Å²) in [5, 5.41) is 0. The van der Waals surface area contributed by atoms with Gasteiger partial charge in [0.15, 0.2) is 0 Å². The van der Waals surface area contributed by atoms with Gasteiger partial charge in [-0.15, -0.1) is 0 Å². The SMILES string of the molecule is COCCN(C(=O)C1CC(=O)N(C(C)c2ccccc2)C1)C(C)COC. The molecule has 6 heteroatoms. The second-order valence-electron chi connectivity index (χ2n) is 6.86. The van der Waals surface area contributed by atoms with Gasteiger partial charge in [-0.05, 0) is 19.4 Å². The molecule has 0 saturated carbocycles. The zero-order valence-electron chi connectivity index (χ0n) is 16.2. The number of nitrogens with zero attached hydrogens (tertiary/aromatic N) is 2. The molecule has 0 N–H and O–H groups in total. The number of amides is 2. The molecule has 6 nitrogen and oxygen atoms in total. The first-order chi connectivity index (χ1) is 12.5. The molecule has 0 bridgehead atoms. The fraction of sp³-hybridized carbons (Fsp3) is 0.600. The van der Waals surface area contributed by atoms with Gasteiger partial charge in [0.2, 0.25) is 11.8 Å². The molecule has 2 rings (SSSR count). The van der Waals surface area contributed by atoms with Crippen LogP contribution >= 0.6 is 0 Å². The predicted molar refractivity (Wildman–Crippen MR) is 99.6 cm³/mol. The first-order valence-corrected chi connectivity index (χ1v) is 9.12. The van der Waals surface area contributed by atoms with Gasteiger partial charge in [-0.3, -0.25) is 9.59 Å². The molecule has 2 amide bonds. The minimum atomic E-state index is -0.315. The van der Waals surface area contributed by atoms with E-state index in [0.29, 0.717) is 26.3 Å². The summed E-state index contributed by atoms with van der Waals surface area (Å²) in [5.74, 6) is -0.279. The molecular formula is C20H30N2O4. The van der Waals surface area contributed by atoms with Crippen LogP contribution in [-0.4, -0.2) is 68.2 Å². The van der Waals surface area contributed by atoms with Crippen molar-refractivity contribution in [3.05, 3.63) is 35.9 Å². The minimum absolute atomic E-state index is 0.00251. The molecule has 3 unspecified atom stereocenters. The van der Waals surface area contributed by atoms with E-state index in [1.54, 1.807) is 19.1 Å². The Balaban J connectivity index is 2.08. The summed E-state index contributed by atoms with van der Waals surface area (Å²) in [6.45, 7) is 5.84. The summed E-state index contributed by atoms with van der Waals surface area (Å²) < 4.78 is 10.3. The maximum atomic E-state index is 13.1. The lowest BCUT2D eigenvalue weighted by Crippen LogP contribution is -2.46. The van der Waals surface area contributed by atoms with Crippen molar-refractivity contribution in [2.45, 2.75) is 32.4 Å². The van der Waals surface area contributed by atoms with Crippen molar-refractivity contribution in [2.75, 3.05) is 40.5 Å². The molecule has 0 spiro atoms. The summed E-state index contributed by atoms with van der Waals surface area (Å²) >= 11 is 0. The monoisotopic (exact) mass is 362 g/mol. The molecule has 1 aliphatic rings. The second-order valence-corrected chi connectivity index (χ2v) is 6.86. The smallest absolute Gasteiger partial charge is 0.228 e. The predicted octanol–water partition coefficient (Wildman–Crippen LogP) is 2.11. The summed E-state index contributed by atoms with van der Waals surface area (Å²) in [6.07, 6.45) is 0.263. The number of likely N-dealkylation sites (tertiary alicyclic amines) is 1. The van der Waals surface area contributed by atoms with E-state index in [9.17, 15) is 9.59 Å². The molecule has 0 aromatic heterocycles. The van der Waals surface area contributed by atoms with Crippen LogP contribution in [0.1, 0.15) is 31.9 Å². The highest BCUT2D eigenvalue weighted by molar-refractivity contribution is 5.89. The molecule has 0 radical (unpaired) electrons. The van der Waals surface area contributed by atoms with Crippen molar-refractivity contribution >= 4 is 11.8 Å². The normalized spacial score (nSPS) is 19.5. The molecule has 1 heterocycles. The van der Waals surface area contributed by atoms with Crippen LogP contribution in [0.2, 0.25) is 0 Å². The van der Waals surface area contributed by atoms with E-state index in [2.05, 4.69) is 0 Å². The van der Waals surface area contributed by atoms with Crippen molar-refractivity contribution in [3.8, 4) is 0 Å². The summed E-state index contributed by atoms with van der Waals surface area (Å²) in [5.41, 5.74) is 1.08. The van der Waals surface area contributed by atoms with E-state index in [-0.39, 0.29) is 36.2 Å². The van der Waals surface area contributed by atoms with Gasteiger partial charge in [0.1, 0.15) is 0 Å². The average Bonchev–Trinajstić information content (AvgIpc) is 3.04. The number of benzene rings is 1. The van der Waals surface area contributed by atoms with Crippen molar-refractivity contribution < 1.29 is 19.1 Å².